The number of amides is 3. The normalized spacial score (nSPS) is 18.2. The summed E-state index contributed by atoms with van der Waals surface area (Å²) < 4.78 is 40.9. The van der Waals surface area contributed by atoms with Crippen molar-refractivity contribution in [2.45, 2.75) is 31.4 Å². The van der Waals surface area contributed by atoms with E-state index < -0.39 is 36.2 Å². The summed E-state index contributed by atoms with van der Waals surface area (Å²) in [5.74, 6) is -1.89. The molecular weight excluding hydrogens is 433 g/mol. The molecule has 0 radical (unpaired) electrons. The van der Waals surface area contributed by atoms with Crippen LogP contribution in [0.3, 0.4) is 0 Å². The minimum absolute atomic E-state index is 0.00110. The molecule has 0 spiro atoms. The Morgan fingerprint density at radius 1 is 1.28 bits per heavy atom. The minimum atomic E-state index is -4.62. The monoisotopic (exact) mass is 450 g/mol. The number of likely N-dealkylation sites (N-methyl/N-ethyl adjacent to an activating group) is 1. The maximum atomic E-state index is 13.3. The van der Waals surface area contributed by atoms with E-state index in [0.29, 0.717) is 5.69 Å². The number of imide groups is 1. The maximum absolute atomic E-state index is 13.3. The molecule has 1 aliphatic carbocycles. The molecule has 1 saturated heterocycles. The second-order valence-electron chi connectivity index (χ2n) is 7.44. The van der Waals surface area contributed by atoms with Crippen LogP contribution in [0, 0.1) is 0 Å². The Bertz CT molecular complexity index is 1140. The highest BCUT2D eigenvalue weighted by atomic mass is 19.4. The number of halogens is 3. The number of carboxylic acids is 1. The van der Waals surface area contributed by atoms with Gasteiger partial charge in [0, 0.05) is 30.8 Å². The maximum Gasteiger partial charge on any atom is 0.433 e. The van der Waals surface area contributed by atoms with E-state index in [0.717, 1.165) is 33.4 Å². The molecule has 0 unspecified atom stereocenters. The molecule has 2 fully saturated rings. The number of rotatable bonds is 6. The summed E-state index contributed by atoms with van der Waals surface area (Å²) in [6, 6.07) is 1.69. The average Bonchev–Trinajstić information content (AvgIpc) is 3.44. The number of hydrogen-bond donors (Lipinski definition) is 1. The number of carbonyl (C=O) groups is 3. The van der Waals surface area contributed by atoms with Crippen molar-refractivity contribution < 1.29 is 32.7 Å². The summed E-state index contributed by atoms with van der Waals surface area (Å²) in [7, 11) is 1.34. The van der Waals surface area contributed by atoms with Crippen molar-refractivity contribution >= 4 is 24.1 Å². The lowest BCUT2D eigenvalue weighted by Crippen LogP contribution is -2.33. The summed E-state index contributed by atoms with van der Waals surface area (Å²) in [5, 5.41) is 12.9. The fourth-order valence-electron chi connectivity index (χ4n) is 3.21. The van der Waals surface area contributed by atoms with Gasteiger partial charge in [0.25, 0.3) is 5.91 Å². The lowest BCUT2D eigenvalue weighted by atomic mass is 10.1. The third-order valence-electron chi connectivity index (χ3n) is 5.05. The van der Waals surface area contributed by atoms with Gasteiger partial charge in [0.05, 0.1) is 12.6 Å². The summed E-state index contributed by atoms with van der Waals surface area (Å²) >= 11 is 0. The Morgan fingerprint density at radius 2 is 2.00 bits per heavy atom. The molecule has 13 heteroatoms. The molecule has 10 nitrogen and oxygen atoms in total. The number of carbonyl (C=O) groups excluding carboxylic acids is 2. The van der Waals surface area contributed by atoms with E-state index in [2.05, 4.69) is 15.1 Å². The van der Waals surface area contributed by atoms with Gasteiger partial charge in [0.1, 0.15) is 17.7 Å². The van der Waals surface area contributed by atoms with Gasteiger partial charge in [-0.15, -0.1) is 5.10 Å². The molecule has 0 atom stereocenters. The second-order valence-corrected chi connectivity index (χ2v) is 7.44. The Kier molecular flexibility index (Phi) is 5.18. The van der Waals surface area contributed by atoms with Gasteiger partial charge >= 0.3 is 18.2 Å². The molecule has 1 N–H and O–H groups in total. The molecular formula is C19H17F3N6O4. The van der Waals surface area contributed by atoms with Crippen molar-refractivity contribution in [2.24, 2.45) is 0 Å². The molecule has 4 rings (SSSR count). The first-order valence-electron chi connectivity index (χ1n) is 9.58. The zero-order chi connectivity index (χ0) is 23.2. The van der Waals surface area contributed by atoms with E-state index in [-0.39, 0.29) is 29.5 Å². The molecule has 2 aromatic heterocycles. The van der Waals surface area contributed by atoms with Crippen LogP contribution in [-0.2, 0) is 15.8 Å². The van der Waals surface area contributed by atoms with E-state index in [1.54, 1.807) is 0 Å². The van der Waals surface area contributed by atoms with Crippen LogP contribution in [0.15, 0.2) is 24.2 Å². The lowest BCUT2D eigenvalue weighted by Gasteiger charge is -2.11. The first-order valence-corrected chi connectivity index (χ1v) is 9.58. The first-order chi connectivity index (χ1) is 15.0. The van der Waals surface area contributed by atoms with Gasteiger partial charge in [0.2, 0.25) is 0 Å². The zero-order valence-electron chi connectivity index (χ0n) is 16.7. The Balaban J connectivity index is 1.63. The molecule has 1 aliphatic heterocycles. The van der Waals surface area contributed by atoms with Gasteiger partial charge in [-0.3, -0.25) is 19.4 Å². The predicted octanol–water partition coefficient (Wildman–Crippen LogP) is 2.40. The van der Waals surface area contributed by atoms with Crippen molar-refractivity contribution in [1.82, 2.24) is 29.5 Å². The SMILES string of the molecule is CN1C(=O)N(CCC(=O)O)C(=O)/C1=C/n1cnc(-c2cc(C3CC3)nc(C(F)(F)F)c2)n1. The molecule has 168 valence electrons. The van der Waals surface area contributed by atoms with Crippen molar-refractivity contribution in [1.29, 1.82) is 0 Å². The summed E-state index contributed by atoms with van der Waals surface area (Å²) in [5.41, 5.74) is -0.648. The van der Waals surface area contributed by atoms with Crippen molar-refractivity contribution in [3.05, 3.63) is 35.5 Å². The Morgan fingerprint density at radius 3 is 2.62 bits per heavy atom. The quantitative estimate of drug-likeness (QED) is 0.530. The molecule has 32 heavy (non-hydrogen) atoms. The van der Waals surface area contributed by atoms with Gasteiger partial charge in [-0.1, -0.05) is 0 Å². The largest absolute Gasteiger partial charge is 0.481 e. The molecule has 3 heterocycles. The van der Waals surface area contributed by atoms with Crippen molar-refractivity contribution in [3.8, 4) is 11.4 Å². The standard InChI is InChI=1S/C19H17F3N6O4/c1-26-13(17(31)28(18(26)32)5-4-15(29)30)8-27-9-23-16(25-27)11-6-12(10-2-3-10)24-14(7-11)19(20,21)22/h6-10H,2-5H2,1H3,(H,29,30)/b13-8-. The number of hydrogen-bond acceptors (Lipinski definition) is 6. The molecule has 1 saturated carbocycles. The van der Waals surface area contributed by atoms with Crippen LogP contribution >= 0.6 is 0 Å². The number of aliphatic carboxylic acids is 1. The van der Waals surface area contributed by atoms with Gasteiger partial charge in [-0.2, -0.15) is 13.2 Å². The number of nitrogens with zero attached hydrogens (tertiary/aromatic N) is 6. The number of aromatic nitrogens is 4. The highest BCUT2D eigenvalue weighted by Gasteiger charge is 2.39. The highest BCUT2D eigenvalue weighted by molar-refractivity contribution is 6.13. The minimum Gasteiger partial charge on any atom is -0.481 e. The number of alkyl halides is 3. The number of urea groups is 1. The van der Waals surface area contributed by atoms with E-state index in [4.69, 9.17) is 5.11 Å². The first kappa shape index (κ1) is 21.5. The Hall–Kier alpha value is -3.77. The molecule has 0 aromatic carbocycles. The van der Waals surface area contributed by atoms with Crippen LogP contribution in [0.5, 0.6) is 0 Å². The summed E-state index contributed by atoms with van der Waals surface area (Å²) in [4.78, 5) is 45.0. The fraction of sp³-hybridized carbons (Fsp3) is 0.368. The van der Waals surface area contributed by atoms with Gasteiger partial charge in [-0.05, 0) is 25.0 Å². The second kappa shape index (κ2) is 7.73. The fourth-order valence-corrected chi connectivity index (χ4v) is 3.21. The topological polar surface area (TPSA) is 122 Å². The lowest BCUT2D eigenvalue weighted by molar-refractivity contribution is -0.141. The van der Waals surface area contributed by atoms with Crippen molar-refractivity contribution in [2.75, 3.05) is 13.6 Å². The van der Waals surface area contributed by atoms with E-state index >= 15 is 0 Å². The molecule has 0 bridgehead atoms. The summed E-state index contributed by atoms with van der Waals surface area (Å²) in [6.07, 6.45) is -1.10. The number of carboxylic acid groups (broad SMARTS) is 1. The van der Waals surface area contributed by atoms with Crippen molar-refractivity contribution in [3.63, 3.8) is 0 Å². The Labute approximate surface area is 179 Å². The van der Waals surface area contributed by atoms with Crippen LogP contribution in [0.25, 0.3) is 17.6 Å². The molecule has 2 aliphatic rings. The van der Waals surface area contributed by atoms with Crippen LogP contribution in [0.4, 0.5) is 18.0 Å². The highest BCUT2D eigenvalue weighted by Crippen LogP contribution is 2.41. The molecule has 2 aromatic rings. The van der Waals surface area contributed by atoms with Crippen LogP contribution < -0.4 is 0 Å². The summed E-state index contributed by atoms with van der Waals surface area (Å²) in [6.45, 7) is -0.293. The van der Waals surface area contributed by atoms with Crippen LogP contribution in [-0.4, -0.2) is 66.2 Å². The van der Waals surface area contributed by atoms with Gasteiger partial charge in [-0.25, -0.2) is 19.4 Å². The third-order valence-corrected chi connectivity index (χ3v) is 5.05. The van der Waals surface area contributed by atoms with Gasteiger partial charge in [0.15, 0.2) is 5.82 Å². The van der Waals surface area contributed by atoms with E-state index in [9.17, 15) is 27.6 Å². The van der Waals surface area contributed by atoms with Crippen LogP contribution in [0.2, 0.25) is 0 Å². The smallest absolute Gasteiger partial charge is 0.433 e. The predicted molar refractivity (Wildman–Crippen MR) is 102 cm³/mol. The van der Waals surface area contributed by atoms with Crippen LogP contribution in [0.1, 0.15) is 36.6 Å². The number of pyridine rings is 1. The molecule has 3 amide bonds. The average molecular weight is 450 g/mol. The van der Waals surface area contributed by atoms with E-state index in [1.165, 1.54) is 25.6 Å². The van der Waals surface area contributed by atoms with E-state index in [1.807, 2.05) is 0 Å². The zero-order valence-corrected chi connectivity index (χ0v) is 16.7. The third kappa shape index (κ3) is 4.18. The van der Waals surface area contributed by atoms with Gasteiger partial charge < -0.3 is 5.11 Å².